The molecule has 0 bridgehead atoms. The van der Waals surface area contributed by atoms with Crippen molar-refractivity contribution in [2.75, 3.05) is 31.6 Å². The first-order valence-corrected chi connectivity index (χ1v) is 11.8. The molecule has 1 saturated heterocycles. The highest BCUT2D eigenvalue weighted by Crippen LogP contribution is 2.41. The molecule has 9 heteroatoms. The summed E-state index contributed by atoms with van der Waals surface area (Å²) < 4.78 is 43.5. The Morgan fingerprint density at radius 1 is 1.13 bits per heavy atom. The molecular formula is C21H24FN5O2S. The van der Waals surface area contributed by atoms with E-state index >= 15 is 0 Å². The Balaban J connectivity index is 1.25. The molecule has 7 nitrogen and oxygen atoms in total. The van der Waals surface area contributed by atoms with Gasteiger partial charge in [-0.15, -0.1) is 4.40 Å². The van der Waals surface area contributed by atoms with Gasteiger partial charge in [0.15, 0.2) is 17.5 Å². The zero-order valence-corrected chi connectivity index (χ0v) is 17.6. The summed E-state index contributed by atoms with van der Waals surface area (Å²) in [6.45, 7) is 2.15. The number of halogens is 1. The van der Waals surface area contributed by atoms with Gasteiger partial charge in [0, 0.05) is 38.2 Å². The lowest BCUT2D eigenvalue weighted by Gasteiger charge is -2.35. The SMILES string of the molecule is CN(CC1CCN(C2=NS(=O)(=O)c3ccccc32)CC1)c1ncnc(C2CC2)c1F. The number of likely N-dealkylation sites (tertiary alicyclic amines) is 1. The van der Waals surface area contributed by atoms with E-state index in [1.165, 1.54) is 6.33 Å². The van der Waals surface area contributed by atoms with E-state index in [4.69, 9.17) is 0 Å². The van der Waals surface area contributed by atoms with Crippen molar-refractivity contribution in [2.45, 2.75) is 36.5 Å². The van der Waals surface area contributed by atoms with Crippen LogP contribution in [0.1, 0.15) is 42.9 Å². The molecule has 2 aromatic rings. The maximum absolute atomic E-state index is 14.8. The second kappa shape index (κ2) is 7.30. The van der Waals surface area contributed by atoms with E-state index in [0.29, 0.717) is 35.4 Å². The lowest BCUT2D eigenvalue weighted by atomic mass is 9.95. The summed E-state index contributed by atoms with van der Waals surface area (Å²) in [5.41, 5.74) is 1.23. The van der Waals surface area contributed by atoms with E-state index in [2.05, 4.69) is 19.3 Å². The van der Waals surface area contributed by atoms with Gasteiger partial charge in [-0.2, -0.15) is 8.42 Å². The van der Waals surface area contributed by atoms with Gasteiger partial charge in [0.05, 0.1) is 5.69 Å². The largest absolute Gasteiger partial charge is 0.357 e. The molecule has 0 radical (unpaired) electrons. The summed E-state index contributed by atoms with van der Waals surface area (Å²) in [6, 6.07) is 6.98. The molecule has 1 aromatic heterocycles. The highest BCUT2D eigenvalue weighted by atomic mass is 32.2. The molecule has 158 valence electrons. The van der Waals surface area contributed by atoms with E-state index in [1.54, 1.807) is 12.1 Å². The molecular weight excluding hydrogens is 405 g/mol. The van der Waals surface area contributed by atoms with Gasteiger partial charge >= 0.3 is 0 Å². The van der Waals surface area contributed by atoms with Crippen LogP contribution in [0.5, 0.6) is 0 Å². The van der Waals surface area contributed by atoms with Crippen molar-refractivity contribution in [1.82, 2.24) is 14.9 Å². The number of fused-ring (bicyclic) bond motifs is 1. The minimum Gasteiger partial charge on any atom is -0.357 e. The second-order valence-electron chi connectivity index (χ2n) is 8.37. The third kappa shape index (κ3) is 3.45. The third-order valence-corrected chi connectivity index (χ3v) is 7.51. The Kier molecular flexibility index (Phi) is 4.72. The van der Waals surface area contributed by atoms with E-state index in [1.807, 2.05) is 24.1 Å². The summed E-state index contributed by atoms with van der Waals surface area (Å²) in [6.07, 6.45) is 5.22. The number of amidine groups is 1. The van der Waals surface area contributed by atoms with Gasteiger partial charge in [-0.3, -0.25) is 0 Å². The van der Waals surface area contributed by atoms with Gasteiger partial charge in [0.25, 0.3) is 10.0 Å². The Morgan fingerprint density at radius 2 is 1.87 bits per heavy atom. The van der Waals surface area contributed by atoms with Crippen molar-refractivity contribution in [3.8, 4) is 0 Å². The summed E-state index contributed by atoms with van der Waals surface area (Å²) in [5.74, 6) is 1.25. The number of rotatable bonds is 4. The fourth-order valence-electron chi connectivity index (χ4n) is 4.40. The van der Waals surface area contributed by atoms with Crippen LogP contribution in [-0.2, 0) is 10.0 Å². The van der Waals surface area contributed by atoms with Gasteiger partial charge < -0.3 is 9.80 Å². The first-order chi connectivity index (χ1) is 14.4. The smallest absolute Gasteiger partial charge is 0.285 e. The summed E-state index contributed by atoms with van der Waals surface area (Å²) in [4.78, 5) is 12.5. The van der Waals surface area contributed by atoms with Crippen molar-refractivity contribution in [3.63, 3.8) is 0 Å². The second-order valence-corrected chi connectivity index (χ2v) is 9.94. The van der Waals surface area contributed by atoms with Crippen LogP contribution in [0, 0.1) is 11.7 Å². The highest BCUT2D eigenvalue weighted by molar-refractivity contribution is 7.90. The van der Waals surface area contributed by atoms with E-state index in [0.717, 1.165) is 38.8 Å². The van der Waals surface area contributed by atoms with Crippen LogP contribution in [0.2, 0.25) is 0 Å². The Bertz CT molecular complexity index is 1110. The maximum atomic E-state index is 14.8. The number of hydrogen-bond acceptors (Lipinski definition) is 6. The van der Waals surface area contributed by atoms with Crippen molar-refractivity contribution in [1.29, 1.82) is 0 Å². The topological polar surface area (TPSA) is 78.8 Å². The summed E-state index contributed by atoms with van der Waals surface area (Å²) >= 11 is 0. The van der Waals surface area contributed by atoms with E-state index in [9.17, 15) is 12.8 Å². The van der Waals surface area contributed by atoms with Gasteiger partial charge in [0.1, 0.15) is 11.2 Å². The van der Waals surface area contributed by atoms with Crippen molar-refractivity contribution < 1.29 is 12.8 Å². The molecule has 1 saturated carbocycles. The van der Waals surface area contributed by atoms with Crippen LogP contribution in [0.25, 0.3) is 0 Å². The molecule has 0 spiro atoms. The third-order valence-electron chi connectivity index (χ3n) is 6.18. The molecule has 30 heavy (non-hydrogen) atoms. The molecule has 3 aliphatic rings. The Morgan fingerprint density at radius 3 is 2.60 bits per heavy atom. The molecule has 0 N–H and O–H groups in total. The molecule has 2 aliphatic heterocycles. The average Bonchev–Trinajstić information content (AvgIpc) is 3.54. The number of hydrogen-bond donors (Lipinski definition) is 0. The lowest BCUT2D eigenvalue weighted by Crippen LogP contribution is -2.41. The minimum atomic E-state index is -3.60. The fourth-order valence-corrected chi connectivity index (χ4v) is 5.63. The fraction of sp³-hybridized carbons (Fsp3) is 0.476. The quantitative estimate of drug-likeness (QED) is 0.744. The minimum absolute atomic E-state index is 0.245. The monoisotopic (exact) mass is 429 g/mol. The van der Waals surface area contributed by atoms with Crippen LogP contribution in [0.3, 0.4) is 0 Å². The zero-order chi connectivity index (χ0) is 20.9. The van der Waals surface area contributed by atoms with Gasteiger partial charge in [-0.1, -0.05) is 12.1 Å². The van der Waals surface area contributed by atoms with Crippen LogP contribution in [0.15, 0.2) is 39.9 Å². The number of sulfonamides is 1. The number of piperidine rings is 1. The number of benzene rings is 1. The first kappa shape index (κ1) is 19.4. The molecule has 5 rings (SSSR count). The maximum Gasteiger partial charge on any atom is 0.285 e. The average molecular weight is 430 g/mol. The molecule has 1 aromatic carbocycles. The normalized spacial score (nSPS) is 20.7. The molecule has 0 amide bonds. The molecule has 0 atom stereocenters. The number of aromatic nitrogens is 2. The summed E-state index contributed by atoms with van der Waals surface area (Å²) in [7, 11) is -1.73. The number of anilines is 1. The van der Waals surface area contributed by atoms with Crippen LogP contribution in [0.4, 0.5) is 10.2 Å². The van der Waals surface area contributed by atoms with Gasteiger partial charge in [-0.25, -0.2) is 14.4 Å². The Hall–Kier alpha value is -2.55. The zero-order valence-electron chi connectivity index (χ0n) is 16.8. The van der Waals surface area contributed by atoms with Crippen molar-refractivity contribution >= 4 is 21.7 Å². The van der Waals surface area contributed by atoms with Gasteiger partial charge in [0.2, 0.25) is 0 Å². The predicted molar refractivity (Wildman–Crippen MR) is 112 cm³/mol. The summed E-state index contributed by atoms with van der Waals surface area (Å²) in [5, 5.41) is 0. The van der Waals surface area contributed by atoms with Gasteiger partial charge in [-0.05, 0) is 43.7 Å². The van der Waals surface area contributed by atoms with Crippen LogP contribution < -0.4 is 4.90 Å². The standard InChI is InChI=1S/C21H24FN5O2S/c1-26(21-18(22)19(15-6-7-15)23-13-24-21)12-14-8-10-27(11-9-14)20-16-4-2-3-5-17(16)30(28,29)25-20/h2-5,13-15H,6-12H2,1H3. The molecule has 3 heterocycles. The predicted octanol–water partition coefficient (Wildman–Crippen LogP) is 2.79. The Labute approximate surface area is 175 Å². The van der Waals surface area contributed by atoms with Crippen molar-refractivity contribution in [2.24, 2.45) is 10.3 Å². The number of nitrogens with zero attached hydrogens (tertiary/aromatic N) is 5. The molecule has 1 aliphatic carbocycles. The van der Waals surface area contributed by atoms with Crippen LogP contribution in [-0.4, -0.2) is 55.8 Å². The molecule has 2 fully saturated rings. The van der Waals surface area contributed by atoms with E-state index < -0.39 is 10.0 Å². The highest BCUT2D eigenvalue weighted by Gasteiger charge is 2.34. The van der Waals surface area contributed by atoms with E-state index in [-0.39, 0.29) is 16.6 Å². The molecule has 0 unspecified atom stereocenters. The lowest BCUT2D eigenvalue weighted by molar-refractivity contribution is 0.269. The van der Waals surface area contributed by atoms with Crippen LogP contribution >= 0.6 is 0 Å². The first-order valence-electron chi connectivity index (χ1n) is 10.3. The van der Waals surface area contributed by atoms with Crippen molar-refractivity contribution in [3.05, 3.63) is 47.7 Å².